The molecule has 3 amide bonds. The predicted octanol–water partition coefficient (Wildman–Crippen LogP) is 7.37. The van der Waals surface area contributed by atoms with Crippen LogP contribution in [0.25, 0.3) is 27.6 Å². The number of aryl methyl sites for hydroxylation is 2. The van der Waals surface area contributed by atoms with Gasteiger partial charge in [-0.25, -0.2) is 9.69 Å². The van der Waals surface area contributed by atoms with Gasteiger partial charge in [0.25, 0.3) is 0 Å². The van der Waals surface area contributed by atoms with E-state index in [4.69, 9.17) is 14.6 Å². The topological polar surface area (TPSA) is 124 Å². The van der Waals surface area contributed by atoms with Crippen LogP contribution in [0, 0.1) is 0 Å². The Morgan fingerprint density at radius 3 is 1.42 bits per heavy atom. The molecule has 2 atom stereocenters. The molecule has 1 N–H and O–H groups in total. The van der Waals surface area contributed by atoms with Crippen LogP contribution in [0.15, 0.2) is 170 Å². The van der Waals surface area contributed by atoms with E-state index >= 15 is 0 Å². The van der Waals surface area contributed by atoms with Gasteiger partial charge in [0.15, 0.2) is 0 Å². The second-order valence-corrected chi connectivity index (χ2v) is 14.3. The maximum atomic E-state index is 12.7. The number of carbonyl (C=O) groups excluding carboxylic acids is 3. The van der Waals surface area contributed by atoms with Gasteiger partial charge in [-0.15, -0.1) is 0 Å². The molecular formula is C50H47LiN2O7. The Morgan fingerprint density at radius 2 is 0.967 bits per heavy atom. The number of amides is 3. The number of carbonyl (C=O) groups is 4. The number of benzene rings is 6. The summed E-state index contributed by atoms with van der Waals surface area (Å²) in [7, 11) is 0. The van der Waals surface area contributed by atoms with Gasteiger partial charge in [0.1, 0.15) is 6.61 Å². The molecule has 0 aliphatic carbocycles. The molecule has 0 unspecified atom stereocenters. The van der Waals surface area contributed by atoms with E-state index < -0.39 is 18.2 Å². The van der Waals surface area contributed by atoms with Gasteiger partial charge in [-0.05, 0) is 70.2 Å². The summed E-state index contributed by atoms with van der Waals surface area (Å²) in [6, 6.07) is 56.2. The monoisotopic (exact) mass is 794 g/mol. The molecular weight excluding hydrogens is 747 g/mol. The molecule has 8 rings (SSSR count). The molecule has 60 heavy (non-hydrogen) atoms. The Bertz CT molecular complexity index is 2240. The number of nitrogens with zero attached hydrogens (tertiary/aromatic N) is 2. The fraction of sp³-hybridized carbons (Fsp3) is 0.200. The van der Waals surface area contributed by atoms with Crippen LogP contribution in [-0.2, 0) is 44.7 Å². The molecule has 0 aromatic heterocycles. The van der Waals surface area contributed by atoms with E-state index in [1.807, 2.05) is 133 Å². The minimum atomic E-state index is -0.753. The number of imide groups is 1. The molecule has 2 aliphatic heterocycles. The van der Waals surface area contributed by atoms with Gasteiger partial charge < -0.3 is 19.9 Å². The Labute approximate surface area is 363 Å². The standard InChI is InChI=1S/C25H23NO3.C15H14O2.C10H11NO2.Li/c27-24(26-23(18-29-25(26)28)17-20-7-3-1-4-8-20)16-13-19-11-14-22(15-12-19)21-9-5-2-6-10-21;16-15(17)11-8-12-6-9-14(10-7-12)13-4-2-1-3-5-13;12-10-11-9(7-13-10)6-8-4-2-1-3-5-8;/h1-12,14-15,23H,13,16-18H2;1-7,9-10H,8,11H2,(H,16,17);1-5,9H,6-7H2,(H,11,12);/q;;;+1/p-1/t23-;;9-;/m1.1./s1. The van der Waals surface area contributed by atoms with Crippen LogP contribution in [0.4, 0.5) is 9.59 Å². The zero-order chi connectivity index (χ0) is 41.2. The number of hydrogen-bond acceptors (Lipinski definition) is 6. The molecule has 0 bridgehead atoms. The zero-order valence-electron chi connectivity index (χ0n) is 33.8. The summed E-state index contributed by atoms with van der Waals surface area (Å²) in [4.78, 5) is 47.3. The van der Waals surface area contributed by atoms with E-state index in [-0.39, 0.29) is 56.3 Å². The normalized spacial score (nSPS) is 15.1. The molecule has 10 heteroatoms. The van der Waals surface area contributed by atoms with Crippen molar-refractivity contribution in [1.29, 1.82) is 0 Å². The van der Waals surface area contributed by atoms with Crippen molar-refractivity contribution in [3.63, 3.8) is 0 Å². The van der Waals surface area contributed by atoms with Crippen LogP contribution >= 0.6 is 0 Å². The molecule has 0 spiro atoms. The second-order valence-electron chi connectivity index (χ2n) is 14.3. The first kappa shape index (κ1) is 44.7. The summed E-state index contributed by atoms with van der Waals surface area (Å²) < 4.78 is 9.89. The smallest absolute Gasteiger partial charge is 0.612 e. The quantitative estimate of drug-likeness (QED) is 0.128. The van der Waals surface area contributed by atoms with Crippen LogP contribution in [0.2, 0.25) is 0 Å². The van der Waals surface area contributed by atoms with Crippen LogP contribution in [0.5, 0.6) is 0 Å². The average Bonchev–Trinajstić information content (AvgIpc) is 3.87. The molecule has 6 aromatic carbocycles. The maximum absolute atomic E-state index is 12.7. The second kappa shape index (κ2) is 23.3. The number of carboxylic acid groups (broad SMARTS) is 1. The summed E-state index contributed by atoms with van der Waals surface area (Å²) in [6.07, 6.45) is 2.09. The Morgan fingerprint density at radius 1 is 0.533 bits per heavy atom. The zero-order valence-corrected chi connectivity index (χ0v) is 33.8. The van der Waals surface area contributed by atoms with Gasteiger partial charge >= 0.3 is 30.9 Å². The van der Waals surface area contributed by atoms with E-state index in [0.29, 0.717) is 25.9 Å². The molecule has 9 nitrogen and oxygen atoms in total. The fourth-order valence-electron chi connectivity index (χ4n) is 6.80. The van der Waals surface area contributed by atoms with E-state index in [0.717, 1.165) is 34.2 Å². The first-order valence-electron chi connectivity index (χ1n) is 19.8. The number of hydrogen-bond donors (Lipinski definition) is 1. The molecule has 0 radical (unpaired) electrons. The van der Waals surface area contributed by atoms with Crippen LogP contribution in [0.3, 0.4) is 0 Å². The minimum absolute atomic E-state index is 0. The van der Waals surface area contributed by atoms with E-state index in [1.54, 1.807) is 0 Å². The van der Waals surface area contributed by atoms with Crippen molar-refractivity contribution in [3.8, 4) is 22.3 Å². The number of carboxylic acids is 1. The summed E-state index contributed by atoms with van der Waals surface area (Å²) in [5, 5.41) is 12.4. The fourth-order valence-corrected chi connectivity index (χ4v) is 6.80. The van der Waals surface area contributed by atoms with Crippen molar-refractivity contribution in [2.24, 2.45) is 0 Å². The predicted molar refractivity (Wildman–Crippen MR) is 229 cm³/mol. The summed E-state index contributed by atoms with van der Waals surface area (Å²) in [5.41, 5.74) is 9.06. The van der Waals surface area contributed by atoms with Crippen molar-refractivity contribution in [1.82, 2.24) is 4.90 Å². The van der Waals surface area contributed by atoms with Crippen molar-refractivity contribution < 1.29 is 52.6 Å². The first-order valence-corrected chi connectivity index (χ1v) is 19.8. The third kappa shape index (κ3) is 13.9. The molecule has 2 heterocycles. The Balaban J connectivity index is 0.000000187. The Hall–Kier alpha value is -6.40. The third-order valence-corrected chi connectivity index (χ3v) is 9.92. The number of rotatable bonds is 12. The van der Waals surface area contributed by atoms with Crippen molar-refractivity contribution >= 4 is 24.1 Å². The third-order valence-electron chi connectivity index (χ3n) is 9.92. The van der Waals surface area contributed by atoms with E-state index in [1.165, 1.54) is 21.6 Å². The van der Waals surface area contributed by atoms with Gasteiger partial charge in [-0.1, -0.05) is 176 Å². The van der Waals surface area contributed by atoms with Crippen molar-refractivity contribution in [3.05, 3.63) is 197 Å². The van der Waals surface area contributed by atoms with E-state index in [9.17, 15) is 19.2 Å². The first-order chi connectivity index (χ1) is 28.8. The molecule has 2 fully saturated rings. The van der Waals surface area contributed by atoms with Crippen LogP contribution < -0.4 is 18.9 Å². The van der Waals surface area contributed by atoms with Crippen LogP contribution in [0.1, 0.15) is 35.1 Å². The minimum Gasteiger partial charge on any atom is -0.612 e. The largest absolute Gasteiger partial charge is 1.00 e. The van der Waals surface area contributed by atoms with Crippen molar-refractivity contribution in [2.75, 3.05) is 13.2 Å². The van der Waals surface area contributed by atoms with Gasteiger partial charge in [-0.2, -0.15) is 0 Å². The molecule has 2 aliphatic rings. The molecule has 6 aromatic rings. The van der Waals surface area contributed by atoms with Gasteiger partial charge in [0.05, 0.1) is 12.6 Å². The van der Waals surface area contributed by atoms with E-state index in [2.05, 4.69) is 41.7 Å². The molecule has 300 valence electrons. The van der Waals surface area contributed by atoms with Gasteiger partial charge in [-0.3, -0.25) is 14.4 Å². The van der Waals surface area contributed by atoms with Gasteiger partial charge in [0.2, 0.25) is 12.0 Å². The van der Waals surface area contributed by atoms with Crippen molar-refractivity contribution in [2.45, 2.75) is 50.6 Å². The number of cyclic esters (lactones) is 2. The van der Waals surface area contributed by atoms with Crippen LogP contribution in [-0.4, -0.2) is 59.4 Å². The Kier molecular flexibility index (Phi) is 17.3. The molecule has 2 saturated heterocycles. The van der Waals surface area contributed by atoms with Gasteiger partial charge in [0, 0.05) is 12.8 Å². The summed E-state index contributed by atoms with van der Waals surface area (Å²) in [5.74, 6) is -0.933. The molecule has 0 saturated carbocycles. The summed E-state index contributed by atoms with van der Waals surface area (Å²) in [6.45, 7) is 0.680. The number of ether oxygens (including phenoxy) is 2. The maximum Gasteiger partial charge on any atom is 1.00 e. The summed E-state index contributed by atoms with van der Waals surface area (Å²) >= 11 is 0. The SMILES string of the molecule is O=C(CCc1ccc(-c2ccccc2)cc1)N1C(=O)OC[C@H]1Cc1ccccc1.O=C(O)CCc1ccc(-c2ccccc2)cc1.O=C1[N-][C@H](Cc2ccccc2)CO1.[Li+]. The number of aliphatic carboxylic acids is 1. The average molecular weight is 795 g/mol.